The van der Waals surface area contributed by atoms with Crippen molar-refractivity contribution >= 4 is 35.0 Å². The van der Waals surface area contributed by atoms with Crippen LogP contribution in [0.1, 0.15) is 39.2 Å². The molecule has 30 heavy (non-hydrogen) atoms. The van der Waals surface area contributed by atoms with E-state index in [2.05, 4.69) is 31.6 Å². The monoisotopic (exact) mass is 452 g/mol. The predicted octanol–water partition coefficient (Wildman–Crippen LogP) is 4.68. The number of hydrazine groups is 1. The van der Waals surface area contributed by atoms with E-state index >= 15 is 0 Å². The van der Waals surface area contributed by atoms with Gasteiger partial charge in [0.1, 0.15) is 11.5 Å². The molecule has 2 aromatic rings. The minimum atomic E-state index is -0.451. The normalized spacial score (nSPS) is 11.0. The highest BCUT2D eigenvalue weighted by Crippen LogP contribution is 2.27. The quantitative estimate of drug-likeness (QED) is 0.450. The van der Waals surface area contributed by atoms with Gasteiger partial charge in [-0.15, -0.1) is 0 Å². The molecule has 0 spiro atoms. The number of carbonyl (C=O) groups is 2. The second kappa shape index (κ2) is 11.1. The fraction of sp³-hybridized carbons (Fsp3) is 0.364. The van der Waals surface area contributed by atoms with Crippen LogP contribution in [0.2, 0.25) is 10.0 Å². The van der Waals surface area contributed by atoms with Gasteiger partial charge in [0, 0.05) is 11.4 Å². The van der Waals surface area contributed by atoms with Crippen LogP contribution in [0.25, 0.3) is 0 Å². The molecule has 0 aromatic heterocycles. The Labute approximate surface area is 186 Å². The van der Waals surface area contributed by atoms with Crippen LogP contribution in [-0.4, -0.2) is 25.0 Å². The number of halogens is 2. The Bertz CT molecular complexity index is 864. The highest BCUT2D eigenvalue weighted by molar-refractivity contribution is 6.35. The van der Waals surface area contributed by atoms with Crippen LogP contribution < -0.4 is 20.3 Å². The fourth-order valence-corrected chi connectivity index (χ4v) is 2.91. The molecule has 0 radical (unpaired) electrons. The van der Waals surface area contributed by atoms with Gasteiger partial charge >= 0.3 is 0 Å². The van der Waals surface area contributed by atoms with Crippen molar-refractivity contribution in [3.05, 3.63) is 58.1 Å². The summed E-state index contributed by atoms with van der Waals surface area (Å²) in [6.45, 7) is 6.47. The van der Waals surface area contributed by atoms with E-state index in [0.29, 0.717) is 34.6 Å². The van der Waals surface area contributed by atoms with Gasteiger partial charge in [-0.05, 0) is 47.7 Å². The maximum Gasteiger partial charge on any atom is 0.276 e. The lowest BCUT2D eigenvalue weighted by molar-refractivity contribution is -0.130. The molecule has 162 valence electrons. The van der Waals surface area contributed by atoms with Crippen molar-refractivity contribution in [2.45, 2.75) is 39.0 Å². The molecular weight excluding hydrogens is 427 g/mol. The molecule has 0 saturated carbocycles. The van der Waals surface area contributed by atoms with Gasteiger partial charge in [-0.3, -0.25) is 20.4 Å². The molecule has 0 bridgehead atoms. The van der Waals surface area contributed by atoms with Crippen LogP contribution in [0.15, 0.2) is 42.5 Å². The number of hydrogen-bond acceptors (Lipinski definition) is 4. The van der Waals surface area contributed by atoms with Crippen molar-refractivity contribution in [3.8, 4) is 11.5 Å². The van der Waals surface area contributed by atoms with Crippen LogP contribution >= 0.6 is 23.2 Å². The number of amides is 2. The van der Waals surface area contributed by atoms with E-state index in [1.807, 2.05) is 24.3 Å². The first-order valence-electron chi connectivity index (χ1n) is 9.54. The Morgan fingerprint density at radius 1 is 0.933 bits per heavy atom. The first-order valence-corrected chi connectivity index (χ1v) is 10.3. The van der Waals surface area contributed by atoms with E-state index in [9.17, 15) is 9.59 Å². The minimum Gasteiger partial charge on any atom is -0.492 e. The van der Waals surface area contributed by atoms with Crippen molar-refractivity contribution in [1.82, 2.24) is 10.9 Å². The highest BCUT2D eigenvalue weighted by Gasteiger charge is 2.13. The number of rotatable bonds is 8. The first kappa shape index (κ1) is 23.8. The molecule has 0 atom stereocenters. The van der Waals surface area contributed by atoms with Crippen LogP contribution in [0, 0.1) is 0 Å². The van der Waals surface area contributed by atoms with E-state index < -0.39 is 5.91 Å². The SMILES string of the molecule is CC(C)(C)c1ccc(OCC(=O)NNC(=O)CCCOc2ccc(Cl)cc2Cl)cc1. The molecule has 6 nitrogen and oxygen atoms in total. The second-order valence-corrected chi connectivity index (χ2v) is 8.53. The number of ether oxygens (including phenoxy) is 2. The lowest BCUT2D eigenvalue weighted by Crippen LogP contribution is -2.43. The van der Waals surface area contributed by atoms with E-state index in [1.54, 1.807) is 18.2 Å². The third kappa shape index (κ3) is 8.13. The topological polar surface area (TPSA) is 76.7 Å². The standard InChI is InChI=1S/C22H26Cl2N2O4/c1-22(2,3)15-6-9-17(10-7-15)30-14-21(28)26-25-20(27)5-4-12-29-19-11-8-16(23)13-18(19)24/h6-11,13H,4-5,12,14H2,1-3H3,(H,25,27)(H,26,28). The van der Waals surface area contributed by atoms with Crippen molar-refractivity contribution in [2.24, 2.45) is 0 Å². The Hall–Kier alpha value is -2.44. The summed E-state index contributed by atoms with van der Waals surface area (Å²) >= 11 is 11.8. The van der Waals surface area contributed by atoms with Gasteiger partial charge in [-0.25, -0.2) is 0 Å². The zero-order valence-corrected chi connectivity index (χ0v) is 18.8. The lowest BCUT2D eigenvalue weighted by Gasteiger charge is -2.19. The fourth-order valence-electron chi connectivity index (χ4n) is 2.45. The number of hydrogen-bond donors (Lipinski definition) is 2. The predicted molar refractivity (Wildman–Crippen MR) is 118 cm³/mol. The molecule has 0 saturated heterocycles. The van der Waals surface area contributed by atoms with Crippen molar-refractivity contribution in [3.63, 3.8) is 0 Å². The molecule has 0 unspecified atom stereocenters. The smallest absolute Gasteiger partial charge is 0.276 e. The molecule has 8 heteroatoms. The van der Waals surface area contributed by atoms with E-state index in [0.717, 1.165) is 0 Å². The summed E-state index contributed by atoms with van der Waals surface area (Å²) in [5, 5.41) is 0.931. The summed E-state index contributed by atoms with van der Waals surface area (Å²) in [7, 11) is 0. The van der Waals surface area contributed by atoms with Gasteiger partial charge in [-0.2, -0.15) is 0 Å². The Morgan fingerprint density at radius 3 is 2.23 bits per heavy atom. The van der Waals surface area contributed by atoms with Gasteiger partial charge in [0.05, 0.1) is 11.6 Å². The van der Waals surface area contributed by atoms with Crippen molar-refractivity contribution in [2.75, 3.05) is 13.2 Å². The maximum atomic E-state index is 11.8. The van der Waals surface area contributed by atoms with E-state index in [1.165, 1.54) is 5.56 Å². The Morgan fingerprint density at radius 2 is 1.60 bits per heavy atom. The van der Waals surface area contributed by atoms with Crippen LogP contribution in [0.5, 0.6) is 11.5 Å². The van der Waals surface area contributed by atoms with Gasteiger partial charge in [0.2, 0.25) is 5.91 Å². The number of nitrogens with one attached hydrogen (secondary N) is 2. The molecule has 0 heterocycles. The molecule has 2 N–H and O–H groups in total. The third-order valence-electron chi connectivity index (χ3n) is 4.13. The summed E-state index contributed by atoms with van der Waals surface area (Å²) in [4.78, 5) is 23.6. The number of benzene rings is 2. The molecule has 0 aliphatic heterocycles. The molecule has 2 aromatic carbocycles. The minimum absolute atomic E-state index is 0.0479. The molecule has 0 aliphatic carbocycles. The third-order valence-corrected chi connectivity index (χ3v) is 4.66. The first-order chi connectivity index (χ1) is 14.1. The molecule has 2 amide bonds. The second-order valence-electron chi connectivity index (χ2n) is 7.69. The van der Waals surface area contributed by atoms with Gasteiger partial charge in [-0.1, -0.05) is 56.1 Å². The molecular formula is C22H26Cl2N2O4. The van der Waals surface area contributed by atoms with Crippen LogP contribution in [0.4, 0.5) is 0 Å². The Balaban J connectivity index is 1.61. The van der Waals surface area contributed by atoms with Gasteiger partial charge in [0.15, 0.2) is 6.61 Å². The van der Waals surface area contributed by atoms with E-state index in [4.69, 9.17) is 32.7 Å². The maximum absolute atomic E-state index is 11.8. The highest BCUT2D eigenvalue weighted by atomic mass is 35.5. The molecule has 2 rings (SSSR count). The largest absolute Gasteiger partial charge is 0.492 e. The molecule has 0 aliphatic rings. The summed E-state index contributed by atoms with van der Waals surface area (Å²) in [5.41, 5.74) is 5.89. The molecule has 0 fully saturated rings. The van der Waals surface area contributed by atoms with Gasteiger partial charge < -0.3 is 9.47 Å². The number of carbonyl (C=O) groups excluding carboxylic acids is 2. The summed E-state index contributed by atoms with van der Waals surface area (Å²) in [5.74, 6) is 0.307. The summed E-state index contributed by atoms with van der Waals surface area (Å²) in [6, 6.07) is 12.5. The zero-order valence-electron chi connectivity index (χ0n) is 17.3. The zero-order chi connectivity index (χ0) is 22.1. The van der Waals surface area contributed by atoms with Crippen LogP contribution in [-0.2, 0) is 15.0 Å². The lowest BCUT2D eigenvalue weighted by atomic mass is 9.87. The van der Waals surface area contributed by atoms with Gasteiger partial charge in [0.25, 0.3) is 5.91 Å². The average molecular weight is 453 g/mol. The van der Waals surface area contributed by atoms with Crippen molar-refractivity contribution < 1.29 is 19.1 Å². The van der Waals surface area contributed by atoms with Crippen molar-refractivity contribution in [1.29, 1.82) is 0 Å². The van der Waals surface area contributed by atoms with Crippen LogP contribution in [0.3, 0.4) is 0 Å². The summed E-state index contributed by atoms with van der Waals surface area (Å²) in [6.07, 6.45) is 0.637. The summed E-state index contributed by atoms with van der Waals surface area (Å²) < 4.78 is 10.9. The van der Waals surface area contributed by atoms with E-state index in [-0.39, 0.29) is 24.3 Å². The Kier molecular flexibility index (Phi) is 8.81. The average Bonchev–Trinajstić information content (AvgIpc) is 2.69.